The molecule has 0 saturated carbocycles. The molecule has 2 aliphatic heterocycles. The molecule has 2 fully saturated rings. The first-order valence-electron chi connectivity index (χ1n) is 6.94. The van der Waals surface area contributed by atoms with Crippen LogP contribution in [0.25, 0.3) is 0 Å². The Balaban J connectivity index is 1.75. The molecule has 2 aliphatic rings. The van der Waals surface area contributed by atoms with E-state index in [1.165, 1.54) is 0 Å². The second-order valence-corrected chi connectivity index (χ2v) is 5.53. The van der Waals surface area contributed by atoms with E-state index in [0.717, 1.165) is 6.42 Å². The second-order valence-electron chi connectivity index (χ2n) is 5.53. The van der Waals surface area contributed by atoms with Gasteiger partial charge in [-0.2, -0.15) is 0 Å². The van der Waals surface area contributed by atoms with Crippen molar-refractivity contribution in [3.63, 3.8) is 0 Å². The number of carbonyl (C=O) groups is 2. The minimum absolute atomic E-state index is 0.0212. The Labute approximate surface area is 117 Å². The highest BCUT2D eigenvalue weighted by molar-refractivity contribution is 5.95. The number of hydrogen-bond donors (Lipinski definition) is 1. The lowest BCUT2D eigenvalue weighted by atomic mass is 10.1. The molecule has 2 amide bonds. The summed E-state index contributed by atoms with van der Waals surface area (Å²) in [5.74, 6) is 0.391. The zero-order valence-corrected chi connectivity index (χ0v) is 11.5. The van der Waals surface area contributed by atoms with Gasteiger partial charge in [-0.3, -0.25) is 9.59 Å². The van der Waals surface area contributed by atoms with Crippen LogP contribution in [0.15, 0.2) is 18.2 Å². The van der Waals surface area contributed by atoms with Gasteiger partial charge in [-0.25, -0.2) is 0 Å². The minimum Gasteiger partial charge on any atom is -0.508 e. The van der Waals surface area contributed by atoms with Gasteiger partial charge in [-0.15, -0.1) is 0 Å². The molecule has 0 spiro atoms. The average Bonchev–Trinajstić information content (AvgIpc) is 2.82. The maximum atomic E-state index is 12.5. The molecule has 3 rings (SSSR count). The first kappa shape index (κ1) is 13.0. The Morgan fingerprint density at radius 1 is 1.35 bits per heavy atom. The number of piperazine rings is 1. The summed E-state index contributed by atoms with van der Waals surface area (Å²) in [5.41, 5.74) is 1.30. The van der Waals surface area contributed by atoms with E-state index in [-0.39, 0.29) is 23.6 Å². The van der Waals surface area contributed by atoms with Gasteiger partial charge < -0.3 is 14.9 Å². The van der Waals surface area contributed by atoms with Gasteiger partial charge in [0.1, 0.15) is 5.75 Å². The van der Waals surface area contributed by atoms with Crippen LogP contribution in [0.2, 0.25) is 0 Å². The van der Waals surface area contributed by atoms with E-state index >= 15 is 0 Å². The molecule has 0 bridgehead atoms. The number of nitrogens with zero attached hydrogens (tertiary/aromatic N) is 2. The third-order valence-electron chi connectivity index (χ3n) is 4.23. The molecule has 1 aromatic carbocycles. The number of rotatable bonds is 1. The van der Waals surface area contributed by atoms with Crippen LogP contribution < -0.4 is 0 Å². The van der Waals surface area contributed by atoms with Crippen molar-refractivity contribution in [2.24, 2.45) is 0 Å². The number of benzene rings is 1. The fraction of sp³-hybridized carbons (Fsp3) is 0.467. The molecule has 20 heavy (non-hydrogen) atoms. The molecule has 0 radical (unpaired) electrons. The number of hydrogen-bond acceptors (Lipinski definition) is 3. The van der Waals surface area contributed by atoms with Crippen molar-refractivity contribution in [3.8, 4) is 5.75 Å². The lowest BCUT2D eigenvalue weighted by Gasteiger charge is -2.37. The van der Waals surface area contributed by atoms with E-state index in [4.69, 9.17) is 0 Å². The monoisotopic (exact) mass is 274 g/mol. The Hall–Kier alpha value is -2.04. The van der Waals surface area contributed by atoms with Crippen molar-refractivity contribution in [1.82, 2.24) is 9.80 Å². The van der Waals surface area contributed by atoms with Crippen LogP contribution in [-0.2, 0) is 4.79 Å². The van der Waals surface area contributed by atoms with Gasteiger partial charge in [0.2, 0.25) is 5.91 Å². The molecule has 2 saturated heterocycles. The van der Waals surface area contributed by atoms with Crippen LogP contribution in [0.3, 0.4) is 0 Å². The number of fused-ring (bicyclic) bond motifs is 1. The zero-order chi connectivity index (χ0) is 14.3. The summed E-state index contributed by atoms with van der Waals surface area (Å²) in [6.45, 7) is 3.61. The Morgan fingerprint density at radius 2 is 2.15 bits per heavy atom. The summed E-state index contributed by atoms with van der Waals surface area (Å²) in [6.07, 6.45) is 1.45. The fourth-order valence-electron chi connectivity index (χ4n) is 3.02. The predicted molar refractivity (Wildman–Crippen MR) is 73.5 cm³/mol. The van der Waals surface area contributed by atoms with E-state index in [1.807, 2.05) is 9.80 Å². The molecule has 1 aromatic rings. The molecule has 5 heteroatoms. The molecule has 1 unspecified atom stereocenters. The predicted octanol–water partition coefficient (Wildman–Crippen LogP) is 1.15. The van der Waals surface area contributed by atoms with Crippen LogP contribution in [0, 0.1) is 6.92 Å². The summed E-state index contributed by atoms with van der Waals surface area (Å²) in [7, 11) is 0. The largest absolute Gasteiger partial charge is 0.508 e. The van der Waals surface area contributed by atoms with Crippen molar-refractivity contribution in [2.45, 2.75) is 25.8 Å². The van der Waals surface area contributed by atoms with Crippen LogP contribution in [0.5, 0.6) is 5.75 Å². The van der Waals surface area contributed by atoms with E-state index in [2.05, 4.69) is 0 Å². The van der Waals surface area contributed by atoms with E-state index in [0.29, 0.717) is 37.2 Å². The zero-order valence-electron chi connectivity index (χ0n) is 11.5. The summed E-state index contributed by atoms with van der Waals surface area (Å²) in [4.78, 5) is 27.8. The van der Waals surface area contributed by atoms with Crippen molar-refractivity contribution in [1.29, 1.82) is 0 Å². The highest BCUT2D eigenvalue weighted by Crippen LogP contribution is 2.24. The number of amides is 2. The average molecular weight is 274 g/mol. The quantitative estimate of drug-likeness (QED) is 0.835. The number of phenols is 1. The highest BCUT2D eigenvalue weighted by atomic mass is 16.3. The number of aromatic hydroxyl groups is 1. The SMILES string of the molecule is Cc1cc(C(=O)N2CCN3C(=O)CCC3C2)ccc1O. The van der Waals surface area contributed by atoms with Crippen molar-refractivity contribution in [3.05, 3.63) is 29.3 Å². The molecular weight excluding hydrogens is 256 g/mol. The van der Waals surface area contributed by atoms with Crippen molar-refractivity contribution in [2.75, 3.05) is 19.6 Å². The molecule has 1 N–H and O–H groups in total. The van der Waals surface area contributed by atoms with Gasteiger partial charge >= 0.3 is 0 Å². The molecular formula is C15H18N2O3. The van der Waals surface area contributed by atoms with Crippen LogP contribution in [0.4, 0.5) is 0 Å². The minimum atomic E-state index is -0.0212. The Morgan fingerprint density at radius 3 is 2.90 bits per heavy atom. The van der Waals surface area contributed by atoms with Crippen molar-refractivity contribution < 1.29 is 14.7 Å². The van der Waals surface area contributed by atoms with Gasteiger partial charge in [-0.05, 0) is 37.1 Å². The van der Waals surface area contributed by atoms with Gasteiger partial charge in [0, 0.05) is 37.7 Å². The molecule has 0 aliphatic carbocycles. The number of carbonyl (C=O) groups excluding carboxylic acids is 2. The third-order valence-corrected chi connectivity index (χ3v) is 4.23. The topological polar surface area (TPSA) is 60.9 Å². The Kier molecular flexibility index (Phi) is 3.12. The van der Waals surface area contributed by atoms with Gasteiger partial charge in [-0.1, -0.05) is 0 Å². The Bertz CT molecular complexity index is 570. The summed E-state index contributed by atoms with van der Waals surface area (Å²) < 4.78 is 0. The molecule has 1 atom stereocenters. The standard InChI is InChI=1S/C15H18N2O3/c1-10-8-11(2-4-13(10)18)15(20)16-6-7-17-12(9-16)3-5-14(17)19/h2,4,8,12,18H,3,5-7,9H2,1H3. The van der Waals surface area contributed by atoms with E-state index in [9.17, 15) is 14.7 Å². The molecule has 5 nitrogen and oxygen atoms in total. The van der Waals surface area contributed by atoms with Gasteiger partial charge in [0.15, 0.2) is 0 Å². The van der Waals surface area contributed by atoms with E-state index in [1.54, 1.807) is 25.1 Å². The lowest BCUT2D eigenvalue weighted by Crippen LogP contribution is -2.53. The maximum Gasteiger partial charge on any atom is 0.253 e. The smallest absolute Gasteiger partial charge is 0.253 e. The summed E-state index contributed by atoms with van der Waals surface area (Å²) in [5, 5.41) is 9.52. The molecule has 106 valence electrons. The van der Waals surface area contributed by atoms with Crippen LogP contribution in [-0.4, -0.2) is 52.4 Å². The van der Waals surface area contributed by atoms with Gasteiger partial charge in [0.05, 0.1) is 0 Å². The van der Waals surface area contributed by atoms with Crippen molar-refractivity contribution >= 4 is 11.8 Å². The highest BCUT2D eigenvalue weighted by Gasteiger charge is 2.37. The summed E-state index contributed by atoms with van der Waals surface area (Å²) in [6, 6.07) is 5.09. The van der Waals surface area contributed by atoms with Crippen LogP contribution in [0.1, 0.15) is 28.8 Å². The number of aryl methyl sites for hydroxylation is 1. The third kappa shape index (κ3) is 2.13. The number of phenolic OH excluding ortho intramolecular Hbond substituents is 1. The molecule has 2 heterocycles. The first-order valence-corrected chi connectivity index (χ1v) is 6.94. The van der Waals surface area contributed by atoms with Gasteiger partial charge in [0.25, 0.3) is 5.91 Å². The first-order chi connectivity index (χ1) is 9.56. The van der Waals surface area contributed by atoms with Crippen LogP contribution >= 0.6 is 0 Å². The maximum absolute atomic E-state index is 12.5. The second kappa shape index (κ2) is 4.81. The fourth-order valence-corrected chi connectivity index (χ4v) is 3.02. The lowest BCUT2D eigenvalue weighted by molar-refractivity contribution is -0.130. The molecule has 0 aromatic heterocycles. The van der Waals surface area contributed by atoms with E-state index < -0.39 is 0 Å². The summed E-state index contributed by atoms with van der Waals surface area (Å²) >= 11 is 0. The normalized spacial score (nSPS) is 22.1.